The van der Waals surface area contributed by atoms with Crippen LogP contribution in [-0.2, 0) is 4.89 Å². The Kier molecular flexibility index (Phi) is 1.81. The average molecular weight is 184 g/mol. The van der Waals surface area contributed by atoms with E-state index in [0.717, 1.165) is 5.92 Å². The fourth-order valence-electron chi connectivity index (χ4n) is 3.55. The highest BCUT2D eigenvalue weighted by atomic mass is 17.1. The number of rotatable bonds is 1. The van der Waals surface area contributed by atoms with E-state index in [2.05, 4.69) is 27.7 Å². The molecule has 0 heterocycles. The monoisotopic (exact) mass is 184 g/mol. The molecule has 2 heteroatoms. The zero-order valence-corrected chi connectivity index (χ0v) is 9.00. The summed E-state index contributed by atoms with van der Waals surface area (Å²) < 4.78 is 0. The maximum absolute atomic E-state index is 9.05. The molecule has 0 amide bonds. The van der Waals surface area contributed by atoms with Gasteiger partial charge in [0.2, 0.25) is 0 Å². The quantitative estimate of drug-likeness (QED) is 0.501. The summed E-state index contributed by atoms with van der Waals surface area (Å²) >= 11 is 0. The second-order valence-electron chi connectivity index (χ2n) is 5.72. The second-order valence-corrected chi connectivity index (χ2v) is 5.72. The van der Waals surface area contributed by atoms with Crippen LogP contribution in [0.4, 0.5) is 0 Å². The van der Waals surface area contributed by atoms with E-state index in [0.29, 0.717) is 17.3 Å². The lowest BCUT2D eigenvalue weighted by Crippen LogP contribution is -2.64. The summed E-state index contributed by atoms with van der Waals surface area (Å²) in [6, 6.07) is 0. The van der Waals surface area contributed by atoms with Gasteiger partial charge in [0.15, 0.2) is 0 Å². The fraction of sp³-hybridized carbons (Fsp3) is 1.00. The highest BCUT2D eigenvalue weighted by Crippen LogP contribution is 2.65. The van der Waals surface area contributed by atoms with Crippen molar-refractivity contribution in [3.63, 3.8) is 0 Å². The minimum atomic E-state index is -0.307. The fourth-order valence-corrected chi connectivity index (χ4v) is 3.55. The molecule has 76 valence electrons. The molecule has 1 N–H and O–H groups in total. The summed E-state index contributed by atoms with van der Waals surface area (Å²) in [5.74, 6) is 1.85. The smallest absolute Gasteiger partial charge is 0.106 e. The third-order valence-electron chi connectivity index (χ3n) is 4.98. The standard InChI is InChI=1S/C11H20O2/c1-7-5-8-6-9(10(8,2)3)11(7,4)13-12/h7-9,12H,5-6H2,1-4H3. The van der Waals surface area contributed by atoms with Gasteiger partial charge >= 0.3 is 0 Å². The van der Waals surface area contributed by atoms with Crippen LogP contribution < -0.4 is 0 Å². The Bertz CT molecular complexity index is 224. The maximum Gasteiger partial charge on any atom is 0.106 e. The predicted molar refractivity (Wildman–Crippen MR) is 51.3 cm³/mol. The Labute approximate surface area is 80.2 Å². The molecule has 4 atom stereocenters. The van der Waals surface area contributed by atoms with Gasteiger partial charge in [-0.15, -0.1) is 0 Å². The SMILES string of the molecule is CC1CC2CC(C2(C)C)C1(C)OO. The van der Waals surface area contributed by atoms with Crippen molar-refractivity contribution >= 4 is 0 Å². The Hall–Kier alpha value is -0.0800. The van der Waals surface area contributed by atoms with Crippen molar-refractivity contribution < 1.29 is 10.1 Å². The largest absolute Gasteiger partial charge is 0.251 e. The van der Waals surface area contributed by atoms with E-state index < -0.39 is 0 Å². The lowest BCUT2D eigenvalue weighted by Gasteiger charge is -2.65. The highest BCUT2D eigenvalue weighted by molar-refractivity contribution is 5.11. The van der Waals surface area contributed by atoms with Crippen LogP contribution in [0.15, 0.2) is 0 Å². The molecular weight excluding hydrogens is 164 g/mol. The number of hydrogen-bond donors (Lipinski definition) is 1. The summed E-state index contributed by atoms with van der Waals surface area (Å²) in [6.45, 7) is 8.84. The predicted octanol–water partition coefficient (Wildman–Crippen LogP) is 2.94. The molecule has 4 unspecified atom stereocenters. The van der Waals surface area contributed by atoms with E-state index in [-0.39, 0.29) is 5.60 Å². The molecule has 0 aliphatic heterocycles. The summed E-state index contributed by atoms with van der Waals surface area (Å²) in [4.78, 5) is 4.78. The highest BCUT2D eigenvalue weighted by Gasteiger charge is 2.63. The summed E-state index contributed by atoms with van der Waals surface area (Å²) in [6.07, 6.45) is 2.43. The van der Waals surface area contributed by atoms with Gasteiger partial charge in [0, 0.05) is 0 Å². The van der Waals surface area contributed by atoms with E-state index in [9.17, 15) is 0 Å². The van der Waals surface area contributed by atoms with Crippen molar-refractivity contribution in [2.45, 2.75) is 46.1 Å². The molecule has 3 saturated carbocycles. The molecule has 0 aromatic rings. The topological polar surface area (TPSA) is 29.5 Å². The summed E-state index contributed by atoms with van der Waals surface area (Å²) in [7, 11) is 0. The Morgan fingerprint density at radius 1 is 1.23 bits per heavy atom. The van der Waals surface area contributed by atoms with Gasteiger partial charge in [-0.1, -0.05) is 20.8 Å². The first-order valence-electron chi connectivity index (χ1n) is 5.25. The minimum absolute atomic E-state index is 0.307. The molecule has 0 aromatic carbocycles. The van der Waals surface area contributed by atoms with Crippen molar-refractivity contribution in [1.29, 1.82) is 0 Å². The van der Waals surface area contributed by atoms with Gasteiger partial charge < -0.3 is 0 Å². The van der Waals surface area contributed by atoms with E-state index in [1.807, 2.05) is 0 Å². The van der Waals surface area contributed by atoms with Crippen molar-refractivity contribution in [2.75, 3.05) is 0 Å². The van der Waals surface area contributed by atoms with Crippen LogP contribution in [-0.4, -0.2) is 10.9 Å². The summed E-state index contributed by atoms with van der Waals surface area (Å²) in [5, 5.41) is 9.05. The Balaban J connectivity index is 2.27. The van der Waals surface area contributed by atoms with Gasteiger partial charge in [-0.3, -0.25) is 5.26 Å². The van der Waals surface area contributed by atoms with E-state index in [1.165, 1.54) is 12.8 Å². The van der Waals surface area contributed by atoms with Gasteiger partial charge in [0.25, 0.3) is 0 Å². The summed E-state index contributed by atoms with van der Waals surface area (Å²) in [5.41, 5.74) is 0.0578. The average Bonchev–Trinajstić information content (AvgIpc) is 2.08. The molecule has 0 saturated heterocycles. The van der Waals surface area contributed by atoms with Crippen LogP contribution in [0.5, 0.6) is 0 Å². The molecule has 2 bridgehead atoms. The van der Waals surface area contributed by atoms with Gasteiger partial charge in [0.05, 0.1) is 0 Å². The molecule has 0 aromatic heterocycles. The van der Waals surface area contributed by atoms with E-state index >= 15 is 0 Å². The second kappa shape index (κ2) is 2.48. The molecule has 2 nitrogen and oxygen atoms in total. The van der Waals surface area contributed by atoms with Crippen LogP contribution in [0, 0.1) is 23.2 Å². The molecule has 0 spiro atoms. The van der Waals surface area contributed by atoms with Crippen molar-refractivity contribution in [2.24, 2.45) is 23.2 Å². The molecule has 3 fully saturated rings. The van der Waals surface area contributed by atoms with Gasteiger partial charge in [-0.25, -0.2) is 4.89 Å². The molecular formula is C11H20O2. The van der Waals surface area contributed by atoms with E-state index in [1.54, 1.807) is 0 Å². The van der Waals surface area contributed by atoms with Gasteiger partial charge in [-0.05, 0) is 42.9 Å². The van der Waals surface area contributed by atoms with Crippen molar-refractivity contribution in [3.05, 3.63) is 0 Å². The third kappa shape index (κ3) is 0.962. The van der Waals surface area contributed by atoms with Crippen LogP contribution in [0.25, 0.3) is 0 Å². The lowest BCUT2D eigenvalue weighted by molar-refractivity contribution is -0.386. The molecule has 3 aliphatic rings. The van der Waals surface area contributed by atoms with Crippen molar-refractivity contribution in [3.8, 4) is 0 Å². The molecule has 0 radical (unpaired) electrons. The minimum Gasteiger partial charge on any atom is -0.251 e. The Morgan fingerprint density at radius 2 is 1.85 bits per heavy atom. The Morgan fingerprint density at radius 3 is 2.23 bits per heavy atom. The van der Waals surface area contributed by atoms with Crippen molar-refractivity contribution in [1.82, 2.24) is 0 Å². The van der Waals surface area contributed by atoms with Crippen LogP contribution >= 0.6 is 0 Å². The van der Waals surface area contributed by atoms with Crippen LogP contribution in [0.3, 0.4) is 0 Å². The van der Waals surface area contributed by atoms with Crippen LogP contribution in [0.1, 0.15) is 40.5 Å². The molecule has 13 heavy (non-hydrogen) atoms. The van der Waals surface area contributed by atoms with Gasteiger partial charge in [-0.2, -0.15) is 0 Å². The first kappa shape index (κ1) is 9.47. The molecule has 3 rings (SSSR count). The van der Waals surface area contributed by atoms with Gasteiger partial charge in [0.1, 0.15) is 5.60 Å². The van der Waals surface area contributed by atoms with Crippen LogP contribution in [0.2, 0.25) is 0 Å². The molecule has 3 aliphatic carbocycles. The third-order valence-corrected chi connectivity index (χ3v) is 4.98. The first-order valence-corrected chi connectivity index (χ1v) is 5.25. The first-order chi connectivity index (χ1) is 5.93. The normalized spacial score (nSPS) is 52.8. The zero-order valence-electron chi connectivity index (χ0n) is 9.00. The zero-order chi connectivity index (χ0) is 9.85. The number of hydrogen-bond acceptors (Lipinski definition) is 2. The number of fused-ring (bicyclic) bond motifs is 2. The van der Waals surface area contributed by atoms with E-state index in [4.69, 9.17) is 10.1 Å². The maximum atomic E-state index is 9.05. The lowest BCUT2D eigenvalue weighted by atomic mass is 9.42.